The van der Waals surface area contributed by atoms with Crippen molar-refractivity contribution in [1.82, 2.24) is 5.43 Å². The van der Waals surface area contributed by atoms with Crippen molar-refractivity contribution in [3.8, 4) is 0 Å². The molecule has 0 unspecified atom stereocenters. The molecule has 0 aliphatic rings. The Morgan fingerprint density at radius 2 is 1.92 bits per heavy atom. The molecular weight excluding hydrogens is 306 g/mol. The Kier molecular flexibility index (Phi) is 7.30. The van der Waals surface area contributed by atoms with Gasteiger partial charge in [-0.15, -0.1) is 0 Å². The van der Waals surface area contributed by atoms with Crippen LogP contribution in [0.2, 0.25) is 0 Å². The number of nitro groups is 1. The normalized spacial score (nSPS) is 11.3. The molecule has 0 aliphatic heterocycles. The maximum absolute atomic E-state index is 11.9. The fourth-order valence-electron chi connectivity index (χ4n) is 2.05. The lowest BCUT2D eigenvalue weighted by Gasteiger charge is -2.21. The molecule has 24 heavy (non-hydrogen) atoms. The van der Waals surface area contributed by atoms with Gasteiger partial charge in [0, 0.05) is 23.9 Å². The highest BCUT2D eigenvalue weighted by Gasteiger charge is 2.15. The first-order valence-electron chi connectivity index (χ1n) is 7.91. The van der Waals surface area contributed by atoms with E-state index in [1.807, 2.05) is 0 Å². The Morgan fingerprint density at radius 3 is 2.46 bits per heavy atom. The van der Waals surface area contributed by atoms with Gasteiger partial charge in [0.05, 0.1) is 4.92 Å². The highest BCUT2D eigenvalue weighted by molar-refractivity contribution is 5.94. The number of carbonyl (C=O) groups is 1. The molecule has 0 atom stereocenters. The molecule has 0 spiro atoms. The van der Waals surface area contributed by atoms with Crippen molar-refractivity contribution in [1.29, 1.82) is 0 Å². The lowest BCUT2D eigenvalue weighted by molar-refractivity contribution is -0.384. The van der Waals surface area contributed by atoms with Crippen LogP contribution in [-0.4, -0.2) is 17.0 Å². The monoisotopic (exact) mass is 331 g/mol. The van der Waals surface area contributed by atoms with E-state index in [0.29, 0.717) is 5.56 Å². The van der Waals surface area contributed by atoms with Gasteiger partial charge < -0.3 is 0 Å². The van der Waals surface area contributed by atoms with E-state index in [-0.39, 0.29) is 17.0 Å². The van der Waals surface area contributed by atoms with Crippen LogP contribution in [0.1, 0.15) is 57.3 Å². The minimum absolute atomic E-state index is 0.0480. The summed E-state index contributed by atoms with van der Waals surface area (Å²) in [6, 6.07) is 5.41. The minimum atomic E-state index is -0.503. The third-order valence-corrected chi connectivity index (χ3v) is 3.62. The van der Waals surface area contributed by atoms with Crippen molar-refractivity contribution in [2.45, 2.75) is 47.0 Å². The van der Waals surface area contributed by atoms with Crippen LogP contribution in [0.4, 0.5) is 5.69 Å². The van der Waals surface area contributed by atoms with E-state index in [4.69, 9.17) is 0 Å². The van der Waals surface area contributed by atoms with Crippen LogP contribution in [0, 0.1) is 15.5 Å². The molecule has 6 heteroatoms. The minimum Gasteiger partial charge on any atom is -0.267 e. The Hall–Kier alpha value is -2.50. The Labute approximate surface area is 142 Å². The number of carbonyl (C=O) groups excluding carboxylic acids is 1. The van der Waals surface area contributed by atoms with Crippen molar-refractivity contribution >= 4 is 17.8 Å². The number of nitrogens with one attached hydrogen (secondary N) is 1. The Bertz CT molecular complexity index is 627. The molecule has 0 saturated heterocycles. The van der Waals surface area contributed by atoms with Gasteiger partial charge in [0.15, 0.2) is 0 Å². The molecule has 1 aromatic rings. The number of nitrogens with zero attached hydrogens (tertiary/aromatic N) is 2. The zero-order valence-corrected chi connectivity index (χ0v) is 14.7. The number of hydrogen-bond donors (Lipinski definition) is 1. The highest BCUT2D eigenvalue weighted by atomic mass is 16.6. The quantitative estimate of drug-likeness (QED) is 0.330. The summed E-state index contributed by atoms with van der Waals surface area (Å²) in [6.07, 6.45) is 6.74. The molecule has 0 fully saturated rings. The number of hydrogen-bond acceptors (Lipinski definition) is 4. The maximum atomic E-state index is 11.9. The summed E-state index contributed by atoms with van der Waals surface area (Å²) in [5.74, 6) is -0.386. The predicted molar refractivity (Wildman–Crippen MR) is 96.1 cm³/mol. The molecule has 130 valence electrons. The van der Waals surface area contributed by atoms with Gasteiger partial charge in [-0.05, 0) is 50.7 Å². The van der Waals surface area contributed by atoms with Crippen LogP contribution in [0.25, 0.3) is 0 Å². The first-order valence-corrected chi connectivity index (χ1v) is 7.91. The fraction of sp³-hybridized carbons (Fsp3) is 0.444. The van der Waals surface area contributed by atoms with Gasteiger partial charge in [0.2, 0.25) is 0 Å². The van der Waals surface area contributed by atoms with E-state index in [1.165, 1.54) is 29.8 Å². The van der Waals surface area contributed by atoms with Crippen molar-refractivity contribution in [2.24, 2.45) is 10.5 Å². The molecule has 1 N–H and O–H groups in total. The number of non-ortho nitro benzene ring substituents is 1. The molecule has 0 saturated carbocycles. The Balaban J connectivity index is 2.47. The SMILES string of the molecule is CC(C)=CCCC(C)(C)C/C=N/NC(=O)c1ccc([N+](=O)[O-])cc1. The summed E-state index contributed by atoms with van der Waals surface area (Å²) in [5.41, 5.74) is 4.15. The molecule has 1 amide bonds. The molecule has 1 aromatic carbocycles. The van der Waals surface area contributed by atoms with E-state index in [9.17, 15) is 14.9 Å². The topological polar surface area (TPSA) is 84.6 Å². The fourth-order valence-corrected chi connectivity index (χ4v) is 2.05. The van der Waals surface area contributed by atoms with Crippen LogP contribution in [0.15, 0.2) is 41.0 Å². The van der Waals surface area contributed by atoms with E-state index in [1.54, 1.807) is 6.21 Å². The van der Waals surface area contributed by atoms with Crippen molar-refractivity contribution < 1.29 is 9.72 Å². The average molecular weight is 331 g/mol. The van der Waals surface area contributed by atoms with E-state index < -0.39 is 4.92 Å². The second kappa shape index (κ2) is 8.96. The summed E-state index contributed by atoms with van der Waals surface area (Å²) in [7, 11) is 0. The predicted octanol–water partition coefficient (Wildman–Crippen LogP) is 4.47. The van der Waals surface area contributed by atoms with Crippen LogP contribution in [0.3, 0.4) is 0 Å². The van der Waals surface area contributed by atoms with Crippen molar-refractivity contribution in [2.75, 3.05) is 0 Å². The first-order chi connectivity index (χ1) is 11.2. The molecule has 1 rings (SSSR count). The van der Waals surface area contributed by atoms with E-state index >= 15 is 0 Å². The molecule has 0 aromatic heterocycles. The standard InChI is InChI=1S/C18H25N3O3/c1-14(2)6-5-11-18(3,4)12-13-19-20-17(22)15-7-9-16(10-8-15)21(23)24/h6-10,13H,5,11-12H2,1-4H3,(H,20,22)/b19-13+. The molecule has 0 heterocycles. The maximum Gasteiger partial charge on any atom is 0.271 e. The van der Waals surface area contributed by atoms with Gasteiger partial charge in [-0.2, -0.15) is 5.10 Å². The van der Waals surface area contributed by atoms with Crippen LogP contribution in [0.5, 0.6) is 0 Å². The third kappa shape index (κ3) is 7.17. The molecule has 0 radical (unpaired) electrons. The largest absolute Gasteiger partial charge is 0.271 e. The second-order valence-corrected chi connectivity index (χ2v) is 6.75. The summed E-state index contributed by atoms with van der Waals surface area (Å²) in [6.45, 7) is 8.50. The van der Waals surface area contributed by atoms with E-state index in [0.717, 1.165) is 19.3 Å². The zero-order chi connectivity index (χ0) is 18.2. The zero-order valence-electron chi connectivity index (χ0n) is 14.7. The summed E-state index contributed by atoms with van der Waals surface area (Å²) >= 11 is 0. The second-order valence-electron chi connectivity index (χ2n) is 6.75. The number of amides is 1. The molecule has 6 nitrogen and oxygen atoms in total. The van der Waals surface area contributed by atoms with Crippen LogP contribution in [-0.2, 0) is 0 Å². The van der Waals surface area contributed by atoms with Gasteiger partial charge in [0.1, 0.15) is 0 Å². The third-order valence-electron chi connectivity index (χ3n) is 3.62. The van der Waals surface area contributed by atoms with Crippen LogP contribution >= 0.6 is 0 Å². The van der Waals surface area contributed by atoms with Gasteiger partial charge in [-0.25, -0.2) is 5.43 Å². The number of benzene rings is 1. The number of allylic oxidation sites excluding steroid dienone is 2. The lowest BCUT2D eigenvalue weighted by Crippen LogP contribution is -2.18. The molecule has 0 bridgehead atoms. The molecular formula is C18H25N3O3. The van der Waals surface area contributed by atoms with E-state index in [2.05, 4.69) is 44.3 Å². The van der Waals surface area contributed by atoms with Gasteiger partial charge >= 0.3 is 0 Å². The molecule has 0 aliphatic carbocycles. The van der Waals surface area contributed by atoms with Crippen molar-refractivity contribution in [3.63, 3.8) is 0 Å². The summed E-state index contributed by atoms with van der Waals surface area (Å²) < 4.78 is 0. The lowest BCUT2D eigenvalue weighted by atomic mass is 9.85. The first kappa shape index (κ1) is 19.5. The highest BCUT2D eigenvalue weighted by Crippen LogP contribution is 2.26. The van der Waals surface area contributed by atoms with Gasteiger partial charge in [-0.3, -0.25) is 14.9 Å². The van der Waals surface area contributed by atoms with Gasteiger partial charge in [0.25, 0.3) is 11.6 Å². The van der Waals surface area contributed by atoms with Gasteiger partial charge in [-0.1, -0.05) is 25.5 Å². The number of rotatable bonds is 8. The van der Waals surface area contributed by atoms with Crippen molar-refractivity contribution in [3.05, 3.63) is 51.6 Å². The van der Waals surface area contributed by atoms with Crippen LogP contribution < -0.4 is 5.43 Å². The Morgan fingerprint density at radius 1 is 1.29 bits per heavy atom. The summed E-state index contributed by atoms with van der Waals surface area (Å²) in [4.78, 5) is 22.0. The average Bonchev–Trinajstić information content (AvgIpc) is 2.51. The number of nitro benzene ring substituents is 1. The number of hydrazone groups is 1. The smallest absolute Gasteiger partial charge is 0.267 e. The summed E-state index contributed by atoms with van der Waals surface area (Å²) in [5, 5.41) is 14.5.